The van der Waals surface area contributed by atoms with Crippen molar-refractivity contribution in [1.29, 1.82) is 0 Å². The average Bonchev–Trinajstić information content (AvgIpc) is 3.18. The van der Waals surface area contributed by atoms with E-state index in [-0.39, 0.29) is 0 Å². The van der Waals surface area contributed by atoms with Crippen molar-refractivity contribution in [1.82, 2.24) is 19.9 Å². The molecule has 2 aromatic rings. The van der Waals surface area contributed by atoms with Crippen LogP contribution >= 0.6 is 0 Å². The standard InChI is InChI=1S/C22H30N4O2/c1-17-6-5-9-19(14-17)22-23-20(28-24-22)16-25-10-12-26(13-11-25)21(27)15-18-7-3-2-4-8-18/h5-6,9,14,18H,2-4,7-8,10-13,15-16H2,1H3. The van der Waals surface area contributed by atoms with Gasteiger partial charge in [-0.15, -0.1) is 0 Å². The molecule has 0 spiro atoms. The lowest BCUT2D eigenvalue weighted by Crippen LogP contribution is -2.48. The molecule has 2 heterocycles. The molecule has 1 aromatic carbocycles. The number of carbonyl (C=O) groups excluding carboxylic acids is 1. The zero-order chi connectivity index (χ0) is 19.3. The summed E-state index contributed by atoms with van der Waals surface area (Å²) in [5.41, 5.74) is 2.16. The van der Waals surface area contributed by atoms with Gasteiger partial charge in [0.1, 0.15) is 0 Å². The van der Waals surface area contributed by atoms with Crippen LogP contribution in [-0.2, 0) is 11.3 Å². The minimum atomic E-state index is 0.339. The third-order valence-electron chi connectivity index (χ3n) is 6.02. The normalized spacial score (nSPS) is 19.1. The van der Waals surface area contributed by atoms with Gasteiger partial charge in [0.15, 0.2) is 0 Å². The van der Waals surface area contributed by atoms with Gasteiger partial charge in [0.2, 0.25) is 17.6 Å². The van der Waals surface area contributed by atoms with Gasteiger partial charge in [-0.05, 0) is 31.7 Å². The van der Waals surface area contributed by atoms with Crippen molar-refractivity contribution >= 4 is 5.91 Å². The summed E-state index contributed by atoms with van der Waals surface area (Å²) < 4.78 is 5.45. The van der Waals surface area contributed by atoms with E-state index in [1.807, 2.05) is 17.0 Å². The summed E-state index contributed by atoms with van der Waals surface area (Å²) >= 11 is 0. The largest absolute Gasteiger partial charge is 0.340 e. The fraction of sp³-hybridized carbons (Fsp3) is 0.591. The zero-order valence-corrected chi connectivity index (χ0v) is 16.8. The number of hydrogen-bond acceptors (Lipinski definition) is 5. The van der Waals surface area contributed by atoms with Gasteiger partial charge < -0.3 is 9.42 Å². The number of hydrogen-bond donors (Lipinski definition) is 0. The van der Waals surface area contributed by atoms with Gasteiger partial charge in [-0.3, -0.25) is 9.69 Å². The van der Waals surface area contributed by atoms with Crippen LogP contribution in [0.2, 0.25) is 0 Å². The van der Waals surface area contributed by atoms with E-state index in [0.29, 0.717) is 30.1 Å². The molecule has 1 aliphatic heterocycles. The Morgan fingerprint density at radius 1 is 1.14 bits per heavy atom. The van der Waals surface area contributed by atoms with Crippen molar-refractivity contribution in [3.05, 3.63) is 35.7 Å². The Morgan fingerprint density at radius 3 is 2.68 bits per heavy atom. The lowest BCUT2D eigenvalue weighted by Gasteiger charge is -2.35. The summed E-state index contributed by atoms with van der Waals surface area (Å²) in [7, 11) is 0. The highest BCUT2D eigenvalue weighted by Gasteiger charge is 2.25. The molecule has 4 rings (SSSR count). The van der Waals surface area contributed by atoms with Crippen LogP contribution in [0.1, 0.15) is 50.0 Å². The second kappa shape index (κ2) is 8.86. The lowest BCUT2D eigenvalue weighted by molar-refractivity contribution is -0.134. The molecule has 1 saturated carbocycles. The van der Waals surface area contributed by atoms with Gasteiger partial charge in [0.05, 0.1) is 6.54 Å². The molecule has 6 heteroatoms. The summed E-state index contributed by atoms with van der Waals surface area (Å²) in [4.78, 5) is 21.5. The highest BCUT2D eigenvalue weighted by Crippen LogP contribution is 2.27. The molecule has 0 radical (unpaired) electrons. The Bertz CT molecular complexity index is 789. The highest BCUT2D eigenvalue weighted by molar-refractivity contribution is 5.76. The van der Waals surface area contributed by atoms with Crippen molar-refractivity contribution in [2.45, 2.75) is 52.0 Å². The van der Waals surface area contributed by atoms with E-state index in [2.05, 4.69) is 34.1 Å². The first-order valence-corrected chi connectivity index (χ1v) is 10.6. The topological polar surface area (TPSA) is 62.5 Å². The molecule has 0 N–H and O–H groups in total. The molecule has 1 saturated heterocycles. The van der Waals surface area contributed by atoms with E-state index in [1.54, 1.807) is 0 Å². The number of aryl methyl sites for hydroxylation is 1. The van der Waals surface area contributed by atoms with Crippen LogP contribution in [-0.4, -0.2) is 52.0 Å². The summed E-state index contributed by atoms with van der Waals surface area (Å²) in [5.74, 6) is 2.22. The molecule has 2 fully saturated rings. The molecule has 28 heavy (non-hydrogen) atoms. The molecule has 1 amide bonds. The highest BCUT2D eigenvalue weighted by atomic mass is 16.5. The van der Waals surface area contributed by atoms with E-state index >= 15 is 0 Å². The third kappa shape index (κ3) is 4.79. The number of benzene rings is 1. The predicted molar refractivity (Wildman–Crippen MR) is 108 cm³/mol. The molecular formula is C22H30N4O2. The van der Waals surface area contributed by atoms with Crippen LogP contribution in [0.3, 0.4) is 0 Å². The van der Waals surface area contributed by atoms with Crippen molar-refractivity contribution in [3.8, 4) is 11.4 Å². The smallest absolute Gasteiger partial charge is 0.241 e. The van der Waals surface area contributed by atoms with Crippen LogP contribution in [0.4, 0.5) is 0 Å². The van der Waals surface area contributed by atoms with Gasteiger partial charge in [0.25, 0.3) is 0 Å². The minimum absolute atomic E-state index is 0.339. The van der Waals surface area contributed by atoms with Crippen LogP contribution in [0.5, 0.6) is 0 Å². The molecule has 1 aromatic heterocycles. The second-order valence-electron chi connectivity index (χ2n) is 8.25. The zero-order valence-electron chi connectivity index (χ0n) is 16.8. The first-order valence-electron chi connectivity index (χ1n) is 10.6. The quantitative estimate of drug-likeness (QED) is 0.790. The Kier molecular flexibility index (Phi) is 6.05. The first kappa shape index (κ1) is 19.1. The first-order chi connectivity index (χ1) is 13.7. The van der Waals surface area contributed by atoms with Gasteiger partial charge in [-0.1, -0.05) is 48.2 Å². The van der Waals surface area contributed by atoms with Gasteiger partial charge in [0, 0.05) is 38.2 Å². The van der Waals surface area contributed by atoms with E-state index in [0.717, 1.165) is 38.2 Å². The van der Waals surface area contributed by atoms with E-state index in [4.69, 9.17) is 4.52 Å². The fourth-order valence-electron chi connectivity index (χ4n) is 4.33. The molecule has 6 nitrogen and oxygen atoms in total. The van der Waals surface area contributed by atoms with E-state index in [9.17, 15) is 4.79 Å². The Morgan fingerprint density at radius 2 is 1.93 bits per heavy atom. The number of piperazine rings is 1. The number of amides is 1. The number of rotatable bonds is 5. The maximum Gasteiger partial charge on any atom is 0.241 e. The fourth-order valence-corrected chi connectivity index (χ4v) is 4.33. The van der Waals surface area contributed by atoms with Crippen molar-refractivity contribution in [2.75, 3.05) is 26.2 Å². The number of aromatic nitrogens is 2. The van der Waals surface area contributed by atoms with Gasteiger partial charge >= 0.3 is 0 Å². The number of nitrogens with zero attached hydrogens (tertiary/aromatic N) is 4. The van der Waals surface area contributed by atoms with Gasteiger partial charge in [-0.25, -0.2) is 0 Å². The van der Waals surface area contributed by atoms with E-state index in [1.165, 1.54) is 37.7 Å². The molecule has 0 bridgehead atoms. The maximum absolute atomic E-state index is 12.6. The lowest BCUT2D eigenvalue weighted by atomic mass is 9.86. The maximum atomic E-state index is 12.6. The predicted octanol–water partition coefficient (Wildman–Crippen LogP) is 3.66. The molecule has 1 aliphatic carbocycles. The molecular weight excluding hydrogens is 352 g/mol. The molecule has 0 atom stereocenters. The summed E-state index contributed by atoms with van der Waals surface area (Å²) in [6, 6.07) is 8.12. The molecule has 2 aliphatic rings. The van der Waals surface area contributed by atoms with Gasteiger partial charge in [-0.2, -0.15) is 4.98 Å². The molecule has 0 unspecified atom stereocenters. The molecule has 150 valence electrons. The second-order valence-corrected chi connectivity index (χ2v) is 8.25. The van der Waals surface area contributed by atoms with E-state index < -0.39 is 0 Å². The number of carbonyl (C=O) groups is 1. The third-order valence-corrected chi connectivity index (χ3v) is 6.02. The summed E-state index contributed by atoms with van der Waals surface area (Å²) in [6.07, 6.45) is 7.12. The minimum Gasteiger partial charge on any atom is -0.340 e. The summed E-state index contributed by atoms with van der Waals surface area (Å²) in [6.45, 7) is 6.01. The Hall–Kier alpha value is -2.21. The van der Waals surface area contributed by atoms with Crippen LogP contribution < -0.4 is 0 Å². The van der Waals surface area contributed by atoms with Crippen LogP contribution in [0.15, 0.2) is 28.8 Å². The monoisotopic (exact) mass is 382 g/mol. The summed E-state index contributed by atoms with van der Waals surface area (Å²) in [5, 5.41) is 4.12. The Labute approximate surface area is 166 Å². The van der Waals surface area contributed by atoms with Crippen LogP contribution in [0, 0.1) is 12.8 Å². The van der Waals surface area contributed by atoms with Crippen molar-refractivity contribution < 1.29 is 9.32 Å². The Balaban J connectivity index is 1.26. The van der Waals surface area contributed by atoms with Crippen molar-refractivity contribution in [3.63, 3.8) is 0 Å². The SMILES string of the molecule is Cc1cccc(-c2noc(CN3CCN(C(=O)CC4CCCCC4)CC3)n2)c1. The van der Waals surface area contributed by atoms with Crippen LogP contribution in [0.25, 0.3) is 11.4 Å². The average molecular weight is 383 g/mol. The van der Waals surface area contributed by atoms with Crippen molar-refractivity contribution in [2.24, 2.45) is 5.92 Å².